The minimum absolute atomic E-state index is 0.0399. The van der Waals surface area contributed by atoms with Crippen LogP contribution in [0.25, 0.3) is 0 Å². The van der Waals surface area contributed by atoms with Crippen molar-refractivity contribution in [2.75, 3.05) is 13.2 Å². The van der Waals surface area contributed by atoms with Crippen molar-refractivity contribution in [2.24, 2.45) is 0 Å². The second-order valence-electron chi connectivity index (χ2n) is 9.28. The van der Waals surface area contributed by atoms with Crippen LogP contribution in [0.5, 0.6) is 11.5 Å². The Morgan fingerprint density at radius 1 is 1.03 bits per heavy atom. The molecule has 2 amide bonds. The standard InChI is InChI=1S/C29H39FN2O4/c1-4-35-26-17-15-22(19-27(26)36-5-2)16-18-28(33)32(20-23-11-9-10-14-25(23)30)21(3)29(34)31-24-12-7-6-8-13-24/h9-11,14-15,17,19,21,24H,4-8,12-13,16,18,20H2,1-3H3,(H,31,34). The zero-order valence-corrected chi connectivity index (χ0v) is 21.7. The third-order valence-corrected chi connectivity index (χ3v) is 6.65. The van der Waals surface area contributed by atoms with E-state index in [1.165, 1.54) is 17.4 Å². The lowest BCUT2D eigenvalue weighted by Gasteiger charge is -2.31. The Kier molecular flexibility index (Phi) is 10.6. The van der Waals surface area contributed by atoms with Gasteiger partial charge in [-0.15, -0.1) is 0 Å². The van der Waals surface area contributed by atoms with Crippen LogP contribution in [-0.2, 0) is 22.6 Å². The number of benzene rings is 2. The van der Waals surface area contributed by atoms with E-state index in [2.05, 4.69) is 5.32 Å². The number of amides is 2. The fourth-order valence-corrected chi connectivity index (χ4v) is 4.61. The summed E-state index contributed by atoms with van der Waals surface area (Å²) in [5.41, 5.74) is 1.32. The summed E-state index contributed by atoms with van der Waals surface area (Å²) in [7, 11) is 0. The van der Waals surface area contributed by atoms with Crippen LogP contribution in [0.1, 0.15) is 70.4 Å². The van der Waals surface area contributed by atoms with Crippen molar-refractivity contribution >= 4 is 11.8 Å². The van der Waals surface area contributed by atoms with Crippen LogP contribution in [0, 0.1) is 5.82 Å². The van der Waals surface area contributed by atoms with Gasteiger partial charge in [-0.05, 0) is 63.8 Å². The summed E-state index contributed by atoms with van der Waals surface area (Å²) in [5.74, 6) is 0.544. The molecule has 36 heavy (non-hydrogen) atoms. The van der Waals surface area contributed by atoms with E-state index >= 15 is 0 Å². The highest BCUT2D eigenvalue weighted by Crippen LogP contribution is 2.29. The van der Waals surface area contributed by atoms with Gasteiger partial charge >= 0.3 is 0 Å². The Morgan fingerprint density at radius 3 is 2.42 bits per heavy atom. The SMILES string of the molecule is CCOc1ccc(CCC(=O)N(Cc2ccccc2F)C(C)C(=O)NC2CCCCC2)cc1OCC. The van der Waals surface area contributed by atoms with Crippen LogP contribution in [0.4, 0.5) is 4.39 Å². The van der Waals surface area contributed by atoms with Gasteiger partial charge in [-0.2, -0.15) is 0 Å². The normalized spacial score (nSPS) is 14.7. The van der Waals surface area contributed by atoms with E-state index in [1.807, 2.05) is 32.0 Å². The molecule has 1 aliphatic rings. The summed E-state index contributed by atoms with van der Waals surface area (Å²) in [6.07, 6.45) is 5.97. The van der Waals surface area contributed by atoms with E-state index < -0.39 is 6.04 Å². The maximum Gasteiger partial charge on any atom is 0.242 e. The van der Waals surface area contributed by atoms with Crippen molar-refractivity contribution in [1.29, 1.82) is 0 Å². The van der Waals surface area contributed by atoms with Crippen LogP contribution >= 0.6 is 0 Å². The molecule has 2 aromatic rings. The number of rotatable bonds is 12. The highest BCUT2D eigenvalue weighted by Gasteiger charge is 2.28. The van der Waals surface area contributed by atoms with Gasteiger partial charge < -0.3 is 19.7 Å². The highest BCUT2D eigenvalue weighted by atomic mass is 19.1. The van der Waals surface area contributed by atoms with Crippen molar-refractivity contribution in [3.63, 3.8) is 0 Å². The minimum Gasteiger partial charge on any atom is -0.490 e. The Morgan fingerprint density at radius 2 is 1.72 bits per heavy atom. The molecule has 0 heterocycles. The summed E-state index contributed by atoms with van der Waals surface area (Å²) in [5, 5.41) is 3.11. The molecule has 0 saturated heterocycles. The second kappa shape index (κ2) is 13.9. The van der Waals surface area contributed by atoms with E-state index in [4.69, 9.17) is 9.47 Å². The van der Waals surface area contributed by atoms with Gasteiger partial charge in [0.1, 0.15) is 11.9 Å². The van der Waals surface area contributed by atoms with Crippen LogP contribution in [0.3, 0.4) is 0 Å². The first-order valence-corrected chi connectivity index (χ1v) is 13.1. The van der Waals surface area contributed by atoms with Crippen LogP contribution in [0.15, 0.2) is 42.5 Å². The van der Waals surface area contributed by atoms with Crippen molar-refractivity contribution < 1.29 is 23.5 Å². The lowest BCUT2D eigenvalue weighted by atomic mass is 9.95. The molecule has 0 radical (unpaired) electrons. The van der Waals surface area contributed by atoms with E-state index in [0.717, 1.165) is 31.2 Å². The fourth-order valence-electron chi connectivity index (χ4n) is 4.61. The molecule has 7 heteroatoms. The predicted molar refractivity (Wildman–Crippen MR) is 139 cm³/mol. The monoisotopic (exact) mass is 498 g/mol. The average Bonchev–Trinajstić information content (AvgIpc) is 2.88. The zero-order chi connectivity index (χ0) is 25.9. The fraction of sp³-hybridized carbons (Fsp3) is 0.517. The third-order valence-electron chi connectivity index (χ3n) is 6.65. The molecule has 1 fully saturated rings. The van der Waals surface area contributed by atoms with Crippen molar-refractivity contribution in [1.82, 2.24) is 10.2 Å². The van der Waals surface area contributed by atoms with Crippen LogP contribution in [-0.4, -0.2) is 42.0 Å². The lowest BCUT2D eigenvalue weighted by molar-refractivity contribution is -0.141. The first-order chi connectivity index (χ1) is 17.4. The summed E-state index contributed by atoms with van der Waals surface area (Å²) in [6, 6.07) is 11.5. The first kappa shape index (κ1) is 27.5. The summed E-state index contributed by atoms with van der Waals surface area (Å²) < 4.78 is 25.8. The third kappa shape index (κ3) is 7.70. The molecule has 2 aromatic carbocycles. The van der Waals surface area contributed by atoms with E-state index in [-0.39, 0.29) is 36.6 Å². The smallest absolute Gasteiger partial charge is 0.242 e. The van der Waals surface area contributed by atoms with Gasteiger partial charge in [-0.3, -0.25) is 9.59 Å². The molecule has 6 nitrogen and oxygen atoms in total. The van der Waals surface area contributed by atoms with Crippen molar-refractivity contribution in [3.8, 4) is 11.5 Å². The average molecular weight is 499 g/mol. The van der Waals surface area contributed by atoms with Crippen molar-refractivity contribution in [2.45, 2.75) is 84.3 Å². The highest BCUT2D eigenvalue weighted by molar-refractivity contribution is 5.87. The minimum atomic E-state index is -0.710. The Labute approximate surface area is 214 Å². The second-order valence-corrected chi connectivity index (χ2v) is 9.28. The largest absolute Gasteiger partial charge is 0.490 e. The predicted octanol–water partition coefficient (Wildman–Crippen LogP) is 5.42. The molecular weight excluding hydrogens is 459 g/mol. The van der Waals surface area contributed by atoms with Gasteiger partial charge in [0.15, 0.2) is 11.5 Å². The number of nitrogens with one attached hydrogen (secondary N) is 1. The van der Waals surface area contributed by atoms with E-state index in [9.17, 15) is 14.0 Å². The number of ether oxygens (including phenoxy) is 2. The van der Waals surface area contributed by atoms with Gasteiger partial charge in [0.25, 0.3) is 0 Å². The van der Waals surface area contributed by atoms with E-state index in [0.29, 0.717) is 36.7 Å². The van der Waals surface area contributed by atoms with Gasteiger partial charge in [-0.1, -0.05) is 43.5 Å². The number of aryl methyl sites for hydroxylation is 1. The van der Waals surface area contributed by atoms with Gasteiger partial charge in [0.05, 0.1) is 13.2 Å². The zero-order valence-electron chi connectivity index (χ0n) is 21.7. The molecule has 1 saturated carbocycles. The number of hydrogen-bond donors (Lipinski definition) is 1. The number of halogens is 1. The molecule has 196 valence electrons. The maximum absolute atomic E-state index is 14.5. The van der Waals surface area contributed by atoms with Crippen LogP contribution < -0.4 is 14.8 Å². The van der Waals surface area contributed by atoms with Crippen molar-refractivity contribution in [3.05, 3.63) is 59.4 Å². The topological polar surface area (TPSA) is 67.9 Å². The maximum atomic E-state index is 14.5. The van der Waals surface area contributed by atoms with Crippen LogP contribution in [0.2, 0.25) is 0 Å². The van der Waals surface area contributed by atoms with E-state index in [1.54, 1.807) is 25.1 Å². The molecule has 1 unspecified atom stereocenters. The first-order valence-electron chi connectivity index (χ1n) is 13.1. The molecule has 0 aliphatic heterocycles. The number of carbonyl (C=O) groups excluding carboxylic acids is 2. The summed E-state index contributed by atoms with van der Waals surface area (Å²) >= 11 is 0. The van der Waals surface area contributed by atoms with Gasteiger partial charge in [-0.25, -0.2) is 4.39 Å². The summed E-state index contributed by atoms with van der Waals surface area (Å²) in [6.45, 7) is 6.62. The Balaban J connectivity index is 1.73. The molecule has 3 rings (SSSR count). The lowest BCUT2D eigenvalue weighted by Crippen LogP contribution is -2.50. The molecule has 0 aromatic heterocycles. The molecule has 0 spiro atoms. The summed E-state index contributed by atoms with van der Waals surface area (Å²) in [4.78, 5) is 28.0. The number of nitrogens with zero attached hydrogens (tertiary/aromatic N) is 1. The molecule has 0 bridgehead atoms. The number of hydrogen-bond acceptors (Lipinski definition) is 4. The Bertz CT molecular complexity index is 1010. The quantitative estimate of drug-likeness (QED) is 0.424. The van der Waals surface area contributed by atoms with Gasteiger partial charge in [0, 0.05) is 24.6 Å². The number of carbonyl (C=O) groups is 2. The molecule has 1 aliphatic carbocycles. The molecular formula is C29H39FN2O4. The van der Waals surface area contributed by atoms with Gasteiger partial charge in [0.2, 0.25) is 11.8 Å². The Hall–Kier alpha value is -3.09. The molecule has 1 N–H and O–H groups in total. The molecule has 1 atom stereocenters.